The van der Waals surface area contributed by atoms with Crippen molar-refractivity contribution in [2.45, 2.75) is 40.8 Å². The van der Waals surface area contributed by atoms with Crippen LogP contribution in [0.3, 0.4) is 0 Å². The van der Waals surface area contributed by atoms with Gasteiger partial charge in [0.15, 0.2) is 0 Å². The van der Waals surface area contributed by atoms with Crippen molar-refractivity contribution in [1.82, 2.24) is 4.98 Å². The molecule has 0 aliphatic carbocycles. The Kier molecular flexibility index (Phi) is 3.77. The van der Waals surface area contributed by atoms with E-state index < -0.39 is 25.5 Å². The van der Waals surface area contributed by atoms with Gasteiger partial charge in [0.1, 0.15) is 11.2 Å². The Morgan fingerprint density at radius 1 is 0.750 bits per heavy atom. The number of furan rings is 1. The first-order valence-corrected chi connectivity index (χ1v) is 13.3. The molecule has 0 fully saturated rings. The second kappa shape index (κ2) is 9.06. The van der Waals surface area contributed by atoms with Crippen LogP contribution in [0.25, 0.3) is 65.9 Å². The largest absolute Gasteiger partial charge is 0.455 e. The molecule has 0 unspecified atom stereocenters. The average Bonchev–Trinajstić information content (AvgIpc) is 3.41. The van der Waals surface area contributed by atoms with E-state index in [-0.39, 0.29) is 33.9 Å². The Hall–Kier alpha value is -4.43. The minimum atomic E-state index is -2.78. The van der Waals surface area contributed by atoms with Crippen molar-refractivity contribution in [2.24, 2.45) is 5.41 Å². The molecule has 0 saturated heterocycles. The number of pyridine rings is 1. The van der Waals surface area contributed by atoms with Crippen molar-refractivity contribution in [3.8, 4) is 22.4 Å². The highest BCUT2D eigenvalue weighted by molar-refractivity contribution is 6.23. The minimum Gasteiger partial charge on any atom is -0.455 e. The number of aryl methyl sites for hydroxylation is 2. The molecule has 0 atom stereocenters. The zero-order chi connectivity index (χ0) is 35.3. The predicted molar refractivity (Wildman–Crippen MR) is 170 cm³/mol. The number of fused-ring (bicyclic) bond motifs is 7. The molecule has 0 spiro atoms. The normalized spacial score (nSPS) is 16.5. The molecule has 40 heavy (non-hydrogen) atoms. The molecule has 2 nitrogen and oxygen atoms in total. The molecule has 2 heteroatoms. The van der Waals surface area contributed by atoms with E-state index in [0.29, 0.717) is 22.4 Å². The van der Waals surface area contributed by atoms with Crippen molar-refractivity contribution >= 4 is 43.5 Å². The maximum absolute atomic E-state index is 9.04. The standard InChI is InChI=1S/C38H33NO/c1-23-19-25(21-38(3,4)5)13-17-28(23)33-20-34(39-22-24(33)2)32-12-8-11-30-31-18-16-27-15-14-26-9-6-7-10-29(26)35(27)37(31)40-36(30)32/h6-20,22H,21H2,1-5H3/i1D3,2D3,17D,21D2. The molecule has 2 aromatic heterocycles. The second-order valence-electron chi connectivity index (χ2n) is 11.3. The predicted octanol–water partition coefficient (Wildman–Crippen LogP) is 10.8. The Morgan fingerprint density at radius 3 is 2.38 bits per heavy atom. The van der Waals surface area contributed by atoms with Crippen molar-refractivity contribution in [2.75, 3.05) is 0 Å². The van der Waals surface area contributed by atoms with Crippen molar-refractivity contribution in [3.63, 3.8) is 0 Å². The Bertz CT molecular complexity index is 2450. The molecule has 2 heterocycles. The minimum absolute atomic E-state index is 0.0218. The number of hydrogen-bond donors (Lipinski definition) is 0. The van der Waals surface area contributed by atoms with E-state index in [1.54, 1.807) is 20.8 Å². The molecule has 196 valence electrons. The van der Waals surface area contributed by atoms with E-state index in [0.717, 1.165) is 32.3 Å². The van der Waals surface area contributed by atoms with E-state index >= 15 is 0 Å². The molecule has 7 rings (SSSR count). The smallest absolute Gasteiger partial charge is 0.144 e. The van der Waals surface area contributed by atoms with Crippen LogP contribution >= 0.6 is 0 Å². The second-order valence-corrected chi connectivity index (χ2v) is 11.3. The van der Waals surface area contributed by atoms with Crippen LogP contribution in [-0.4, -0.2) is 4.98 Å². The third-order valence-corrected chi connectivity index (χ3v) is 7.28. The summed E-state index contributed by atoms with van der Waals surface area (Å²) in [6.45, 7) is -0.376. The molecule has 7 aromatic rings. The quantitative estimate of drug-likeness (QED) is 0.213. The van der Waals surface area contributed by atoms with Crippen LogP contribution in [0, 0.1) is 19.1 Å². The summed E-state index contributed by atoms with van der Waals surface area (Å²) >= 11 is 0. The molecular weight excluding hydrogens is 486 g/mol. The van der Waals surface area contributed by atoms with Gasteiger partial charge in [-0.2, -0.15) is 0 Å². The van der Waals surface area contributed by atoms with Crippen LogP contribution in [0.2, 0.25) is 0 Å². The molecule has 0 radical (unpaired) electrons. The van der Waals surface area contributed by atoms with Gasteiger partial charge in [-0.1, -0.05) is 93.5 Å². The van der Waals surface area contributed by atoms with Gasteiger partial charge < -0.3 is 4.42 Å². The van der Waals surface area contributed by atoms with Crippen LogP contribution in [0.4, 0.5) is 0 Å². The SMILES string of the molecule is [2H]c1cc(C([2H])([2H])C(C)(C)C)cc(C([2H])([2H])[2H])c1-c1cc(-c2cccc3c2oc2c3ccc3ccc4ccccc4c32)ncc1C([2H])([2H])[2H]. The van der Waals surface area contributed by atoms with Gasteiger partial charge in [-0.3, -0.25) is 4.98 Å². The zero-order valence-corrected chi connectivity index (χ0v) is 22.5. The third kappa shape index (κ3) is 4.07. The van der Waals surface area contributed by atoms with Gasteiger partial charge in [0.25, 0.3) is 0 Å². The first kappa shape index (κ1) is 16.6. The number of para-hydroxylation sites is 1. The number of nitrogens with zero attached hydrogens (tertiary/aromatic N) is 1. The highest BCUT2D eigenvalue weighted by Crippen LogP contribution is 2.41. The summed E-state index contributed by atoms with van der Waals surface area (Å²) in [5.74, 6) is 0. The third-order valence-electron chi connectivity index (χ3n) is 7.28. The summed E-state index contributed by atoms with van der Waals surface area (Å²) in [6, 6.07) is 25.7. The molecule has 0 saturated carbocycles. The van der Waals surface area contributed by atoms with Crippen LogP contribution < -0.4 is 0 Å². The van der Waals surface area contributed by atoms with Crippen LogP contribution in [0.5, 0.6) is 0 Å². The number of aromatic nitrogens is 1. The molecule has 0 bridgehead atoms. The highest BCUT2D eigenvalue weighted by atomic mass is 16.3. The van der Waals surface area contributed by atoms with Gasteiger partial charge in [0.2, 0.25) is 0 Å². The zero-order valence-electron chi connectivity index (χ0n) is 31.5. The van der Waals surface area contributed by atoms with E-state index in [9.17, 15) is 0 Å². The van der Waals surface area contributed by atoms with Gasteiger partial charge in [0.05, 0.1) is 7.06 Å². The summed E-state index contributed by atoms with van der Waals surface area (Å²) in [6.07, 6.45) is -0.767. The maximum atomic E-state index is 9.04. The molecule has 0 aliphatic heterocycles. The Balaban J connectivity index is 1.51. The van der Waals surface area contributed by atoms with Gasteiger partial charge in [0, 0.05) is 38.9 Å². The Morgan fingerprint density at radius 2 is 1.52 bits per heavy atom. The van der Waals surface area contributed by atoms with E-state index in [1.807, 2.05) is 36.4 Å². The Labute approximate surface area is 247 Å². The summed E-state index contributed by atoms with van der Waals surface area (Å²) in [5, 5.41) is 5.86. The number of rotatable bonds is 3. The maximum Gasteiger partial charge on any atom is 0.144 e. The van der Waals surface area contributed by atoms with Crippen LogP contribution in [0.15, 0.2) is 102 Å². The van der Waals surface area contributed by atoms with Gasteiger partial charge in [-0.15, -0.1) is 0 Å². The summed E-state index contributed by atoms with van der Waals surface area (Å²) in [5.41, 5.74) is 0.690. The van der Waals surface area contributed by atoms with Crippen LogP contribution in [0.1, 0.15) is 49.8 Å². The van der Waals surface area contributed by atoms with Crippen molar-refractivity contribution in [1.29, 1.82) is 0 Å². The molecule has 0 aliphatic rings. The lowest BCUT2D eigenvalue weighted by atomic mass is 9.86. The van der Waals surface area contributed by atoms with E-state index in [1.165, 1.54) is 24.4 Å². The topological polar surface area (TPSA) is 26.0 Å². The number of benzene rings is 5. The first-order valence-electron chi connectivity index (χ1n) is 17.8. The fraction of sp³-hybridized carbons (Fsp3) is 0.184. The lowest BCUT2D eigenvalue weighted by molar-refractivity contribution is 0.411. The lowest BCUT2D eigenvalue weighted by Gasteiger charge is -2.19. The highest BCUT2D eigenvalue weighted by Gasteiger charge is 2.18. The van der Waals surface area contributed by atoms with E-state index in [4.69, 9.17) is 16.8 Å². The van der Waals surface area contributed by atoms with Gasteiger partial charge >= 0.3 is 0 Å². The van der Waals surface area contributed by atoms with Gasteiger partial charge in [-0.05, 0) is 87.7 Å². The van der Waals surface area contributed by atoms with E-state index in [2.05, 4.69) is 35.3 Å². The summed E-state index contributed by atoms with van der Waals surface area (Å²) < 4.78 is 83.5. The van der Waals surface area contributed by atoms with Gasteiger partial charge in [-0.25, -0.2) is 0 Å². The molecular formula is C38H33NO. The first-order chi connectivity index (χ1) is 22.9. The monoisotopic (exact) mass is 528 g/mol. The van der Waals surface area contributed by atoms with Crippen molar-refractivity contribution in [3.05, 3.63) is 114 Å². The summed E-state index contributed by atoms with van der Waals surface area (Å²) in [4.78, 5) is 4.56. The molecule has 0 amide bonds. The lowest BCUT2D eigenvalue weighted by Crippen LogP contribution is -2.09. The van der Waals surface area contributed by atoms with Crippen molar-refractivity contribution < 1.29 is 16.8 Å². The van der Waals surface area contributed by atoms with Crippen LogP contribution in [-0.2, 0) is 6.37 Å². The fourth-order valence-corrected chi connectivity index (χ4v) is 5.58. The molecule has 5 aromatic carbocycles. The number of hydrogen-bond acceptors (Lipinski definition) is 2. The fourth-order valence-electron chi connectivity index (χ4n) is 5.58. The summed E-state index contributed by atoms with van der Waals surface area (Å²) in [7, 11) is 0. The average molecular weight is 529 g/mol. The molecule has 0 N–H and O–H groups in total.